The topological polar surface area (TPSA) is 73.0 Å². The van der Waals surface area contributed by atoms with E-state index in [0.29, 0.717) is 12.8 Å². The van der Waals surface area contributed by atoms with Gasteiger partial charge in [-0.2, -0.15) is 5.10 Å². The minimum absolute atomic E-state index is 0.0277. The minimum Gasteiger partial charge on any atom is -0.361 e. The molecule has 0 fully saturated rings. The molecule has 1 aliphatic carbocycles. The number of hydrogen-bond donors (Lipinski definition) is 1. The van der Waals surface area contributed by atoms with E-state index in [1.165, 1.54) is 11.3 Å². The molecule has 6 heteroatoms. The van der Waals surface area contributed by atoms with E-state index in [1.807, 2.05) is 24.7 Å². The van der Waals surface area contributed by atoms with Crippen molar-refractivity contribution in [2.45, 2.75) is 66.3 Å². The van der Waals surface area contributed by atoms with E-state index in [-0.39, 0.29) is 17.4 Å². The smallest absolute Gasteiger partial charge is 0.220 e. The number of rotatable bonds is 5. The predicted octanol–water partition coefficient (Wildman–Crippen LogP) is 4.55. The van der Waals surface area contributed by atoms with Crippen molar-refractivity contribution in [3.8, 4) is 5.69 Å². The first kappa shape index (κ1) is 20.4. The first-order chi connectivity index (χ1) is 14.2. The van der Waals surface area contributed by atoms with Crippen LogP contribution < -0.4 is 5.32 Å². The number of benzene rings is 1. The van der Waals surface area contributed by atoms with Crippen LogP contribution >= 0.6 is 0 Å². The van der Waals surface area contributed by atoms with E-state index in [1.54, 1.807) is 0 Å². The largest absolute Gasteiger partial charge is 0.361 e. The third-order valence-corrected chi connectivity index (χ3v) is 6.08. The van der Waals surface area contributed by atoms with Crippen molar-refractivity contribution in [2.75, 3.05) is 0 Å². The molecule has 0 unspecified atom stereocenters. The molecule has 0 saturated carbocycles. The molecule has 4 rings (SSSR count). The lowest BCUT2D eigenvalue weighted by molar-refractivity contribution is -0.122. The molecule has 0 aliphatic heterocycles. The van der Waals surface area contributed by atoms with Crippen LogP contribution in [0.5, 0.6) is 0 Å². The first-order valence-electron chi connectivity index (χ1n) is 10.6. The number of amides is 1. The highest BCUT2D eigenvalue weighted by atomic mass is 16.5. The highest BCUT2D eigenvalue weighted by molar-refractivity contribution is 5.77. The number of aryl methyl sites for hydroxylation is 3. The summed E-state index contributed by atoms with van der Waals surface area (Å²) in [5.74, 6) is 0.840. The fourth-order valence-corrected chi connectivity index (χ4v) is 4.44. The zero-order valence-corrected chi connectivity index (χ0v) is 18.5. The summed E-state index contributed by atoms with van der Waals surface area (Å²) >= 11 is 0. The molecule has 1 aromatic carbocycles. The summed E-state index contributed by atoms with van der Waals surface area (Å²) in [5.41, 5.74) is 6.57. The van der Waals surface area contributed by atoms with Crippen molar-refractivity contribution in [2.24, 2.45) is 5.41 Å². The molecule has 0 saturated heterocycles. The van der Waals surface area contributed by atoms with Gasteiger partial charge in [0, 0.05) is 17.5 Å². The van der Waals surface area contributed by atoms with Crippen molar-refractivity contribution in [3.05, 3.63) is 64.3 Å². The SMILES string of the molecule is Cc1ccc(-n2ncc3c2CC(C)(C)C[C@@H]3NC(=O)CCc2c(C)noc2C)cc1. The van der Waals surface area contributed by atoms with Gasteiger partial charge < -0.3 is 9.84 Å². The Kier molecular flexibility index (Phi) is 5.26. The summed E-state index contributed by atoms with van der Waals surface area (Å²) in [6, 6.07) is 8.37. The van der Waals surface area contributed by atoms with Gasteiger partial charge in [-0.3, -0.25) is 4.79 Å². The van der Waals surface area contributed by atoms with Crippen molar-refractivity contribution in [1.29, 1.82) is 0 Å². The molecule has 1 atom stereocenters. The summed E-state index contributed by atoms with van der Waals surface area (Å²) < 4.78 is 7.24. The Morgan fingerprint density at radius 1 is 1.23 bits per heavy atom. The third kappa shape index (κ3) is 4.04. The Morgan fingerprint density at radius 3 is 2.63 bits per heavy atom. The number of carbonyl (C=O) groups is 1. The maximum atomic E-state index is 12.8. The van der Waals surface area contributed by atoms with E-state index >= 15 is 0 Å². The van der Waals surface area contributed by atoms with Crippen molar-refractivity contribution >= 4 is 5.91 Å². The second kappa shape index (κ2) is 7.74. The molecule has 0 spiro atoms. The lowest BCUT2D eigenvalue weighted by Gasteiger charge is -2.36. The zero-order valence-electron chi connectivity index (χ0n) is 18.5. The van der Waals surface area contributed by atoms with Crippen molar-refractivity contribution < 1.29 is 9.32 Å². The molecule has 0 radical (unpaired) electrons. The van der Waals surface area contributed by atoms with Crippen LogP contribution in [0.2, 0.25) is 0 Å². The van der Waals surface area contributed by atoms with Crippen LogP contribution in [0.25, 0.3) is 5.69 Å². The normalized spacial score (nSPS) is 17.6. The van der Waals surface area contributed by atoms with Crippen LogP contribution in [0, 0.1) is 26.2 Å². The Bertz CT molecular complexity index is 1040. The summed E-state index contributed by atoms with van der Waals surface area (Å²) in [6.07, 6.45) is 4.81. The van der Waals surface area contributed by atoms with E-state index in [9.17, 15) is 4.79 Å². The second-order valence-electron chi connectivity index (χ2n) is 9.26. The summed E-state index contributed by atoms with van der Waals surface area (Å²) in [6.45, 7) is 10.4. The molecule has 1 amide bonds. The molecule has 6 nitrogen and oxygen atoms in total. The molecule has 30 heavy (non-hydrogen) atoms. The van der Waals surface area contributed by atoms with Gasteiger partial charge in [-0.15, -0.1) is 0 Å². The quantitative estimate of drug-likeness (QED) is 0.675. The maximum Gasteiger partial charge on any atom is 0.220 e. The summed E-state index contributed by atoms with van der Waals surface area (Å²) in [4.78, 5) is 12.8. The molecule has 0 bridgehead atoms. The van der Waals surface area contributed by atoms with Gasteiger partial charge in [-0.1, -0.05) is 36.7 Å². The van der Waals surface area contributed by atoms with E-state index in [4.69, 9.17) is 4.52 Å². The average Bonchev–Trinajstić information content (AvgIpc) is 3.23. The van der Waals surface area contributed by atoms with Crippen LogP contribution in [0.4, 0.5) is 0 Å². The fourth-order valence-electron chi connectivity index (χ4n) is 4.44. The van der Waals surface area contributed by atoms with Gasteiger partial charge in [0.2, 0.25) is 5.91 Å². The minimum atomic E-state index is -0.0277. The zero-order chi connectivity index (χ0) is 21.5. The highest BCUT2D eigenvalue weighted by Crippen LogP contribution is 2.41. The summed E-state index contributed by atoms with van der Waals surface area (Å²) in [5, 5.41) is 11.9. The molecule has 1 N–H and O–H groups in total. The molecular formula is C24H30N4O2. The van der Waals surface area contributed by atoms with Gasteiger partial charge in [0.05, 0.1) is 29.3 Å². The number of fused-ring (bicyclic) bond motifs is 1. The summed E-state index contributed by atoms with van der Waals surface area (Å²) in [7, 11) is 0. The standard InChI is InChI=1S/C24H30N4O2/c1-15-6-8-18(9-7-15)28-22-13-24(4,5)12-21(20(22)14-25-28)26-23(29)11-10-19-16(2)27-30-17(19)3/h6-9,14,21H,10-13H2,1-5H3,(H,26,29)/t21-/m0/s1. The molecular weight excluding hydrogens is 376 g/mol. The van der Waals surface area contributed by atoms with Gasteiger partial charge >= 0.3 is 0 Å². The maximum absolute atomic E-state index is 12.8. The fraction of sp³-hybridized carbons (Fsp3) is 0.458. The van der Waals surface area contributed by atoms with Gasteiger partial charge in [-0.05, 0) is 57.6 Å². The number of hydrogen-bond acceptors (Lipinski definition) is 4. The third-order valence-electron chi connectivity index (χ3n) is 6.08. The number of aromatic nitrogens is 3. The van der Waals surface area contributed by atoms with Gasteiger partial charge in [0.1, 0.15) is 5.76 Å². The van der Waals surface area contributed by atoms with Gasteiger partial charge in [0.25, 0.3) is 0 Å². The average molecular weight is 407 g/mol. The van der Waals surface area contributed by atoms with E-state index in [2.05, 4.69) is 60.6 Å². The van der Waals surface area contributed by atoms with E-state index < -0.39 is 0 Å². The van der Waals surface area contributed by atoms with Crippen LogP contribution in [0.15, 0.2) is 35.0 Å². The van der Waals surface area contributed by atoms with Crippen LogP contribution in [0.3, 0.4) is 0 Å². The van der Waals surface area contributed by atoms with Crippen LogP contribution in [-0.2, 0) is 17.6 Å². The van der Waals surface area contributed by atoms with Crippen LogP contribution in [0.1, 0.15) is 66.6 Å². The molecule has 2 heterocycles. The van der Waals surface area contributed by atoms with Gasteiger partial charge in [-0.25, -0.2) is 4.68 Å². The number of nitrogens with one attached hydrogen (secondary N) is 1. The number of carbonyl (C=O) groups excluding carboxylic acids is 1. The monoisotopic (exact) mass is 406 g/mol. The van der Waals surface area contributed by atoms with Crippen LogP contribution in [-0.4, -0.2) is 20.8 Å². The lowest BCUT2D eigenvalue weighted by Crippen LogP contribution is -2.36. The molecule has 158 valence electrons. The highest BCUT2D eigenvalue weighted by Gasteiger charge is 2.36. The molecule has 1 aliphatic rings. The Labute approximate surface area is 177 Å². The van der Waals surface area contributed by atoms with Crippen molar-refractivity contribution in [3.63, 3.8) is 0 Å². The second-order valence-corrected chi connectivity index (χ2v) is 9.26. The Balaban J connectivity index is 1.53. The molecule has 2 aromatic heterocycles. The number of nitrogens with zero attached hydrogens (tertiary/aromatic N) is 3. The van der Waals surface area contributed by atoms with Crippen molar-refractivity contribution in [1.82, 2.24) is 20.3 Å². The van der Waals surface area contributed by atoms with E-state index in [0.717, 1.165) is 41.1 Å². The Hall–Kier alpha value is -2.89. The predicted molar refractivity (Wildman–Crippen MR) is 116 cm³/mol. The van der Waals surface area contributed by atoms with Gasteiger partial charge in [0.15, 0.2) is 0 Å². The molecule has 3 aromatic rings. The first-order valence-corrected chi connectivity index (χ1v) is 10.6. The lowest BCUT2D eigenvalue weighted by atomic mass is 9.74. The Morgan fingerprint density at radius 2 is 1.97 bits per heavy atom.